The lowest BCUT2D eigenvalue weighted by Crippen LogP contribution is -2.42. The summed E-state index contributed by atoms with van der Waals surface area (Å²) in [5.41, 5.74) is 1.56. The Bertz CT molecular complexity index is 1210. The zero-order valence-electron chi connectivity index (χ0n) is 19.5. The molecule has 2 amide bonds. The van der Waals surface area contributed by atoms with E-state index in [2.05, 4.69) is 5.10 Å². The molecule has 1 atom stereocenters. The van der Waals surface area contributed by atoms with Gasteiger partial charge in [-0.2, -0.15) is 5.10 Å². The van der Waals surface area contributed by atoms with Crippen molar-refractivity contribution in [3.63, 3.8) is 0 Å². The number of para-hydroxylation sites is 1. The van der Waals surface area contributed by atoms with Crippen molar-refractivity contribution in [3.8, 4) is 5.75 Å². The zero-order chi connectivity index (χ0) is 24.8. The van der Waals surface area contributed by atoms with Gasteiger partial charge < -0.3 is 14.4 Å². The summed E-state index contributed by atoms with van der Waals surface area (Å²) in [5.74, 6) is -0.440. The smallest absolute Gasteiger partial charge is 0.264 e. The van der Waals surface area contributed by atoms with Crippen molar-refractivity contribution in [1.82, 2.24) is 9.91 Å². The molecular formula is C26H26FN3O4S. The van der Waals surface area contributed by atoms with Gasteiger partial charge in [0.1, 0.15) is 18.1 Å². The summed E-state index contributed by atoms with van der Waals surface area (Å²) in [4.78, 5) is 28.6. The molecule has 0 fully saturated rings. The molecule has 1 aliphatic heterocycles. The first-order valence-corrected chi connectivity index (χ1v) is 12.0. The SMILES string of the molecule is COCCN(CC(=O)N1N=C(c2ccccc2F)C[C@@H]1c1ccccc1OC)C(=O)c1cccs1. The number of carbonyl (C=O) groups is 2. The first-order valence-electron chi connectivity index (χ1n) is 11.1. The van der Waals surface area contributed by atoms with Crippen molar-refractivity contribution in [3.05, 3.63) is 87.9 Å². The maximum atomic E-state index is 14.6. The highest BCUT2D eigenvalue weighted by Crippen LogP contribution is 2.37. The number of methoxy groups -OCH3 is 2. The van der Waals surface area contributed by atoms with Gasteiger partial charge in [0.15, 0.2) is 0 Å². The molecule has 182 valence electrons. The molecule has 2 aromatic carbocycles. The number of ether oxygens (including phenoxy) is 2. The minimum Gasteiger partial charge on any atom is -0.496 e. The summed E-state index contributed by atoms with van der Waals surface area (Å²) in [6, 6.07) is 16.7. The van der Waals surface area contributed by atoms with Crippen LogP contribution in [-0.4, -0.2) is 61.4 Å². The second-order valence-corrected chi connectivity index (χ2v) is 8.87. The summed E-state index contributed by atoms with van der Waals surface area (Å²) in [6.45, 7) is 0.333. The lowest BCUT2D eigenvalue weighted by atomic mass is 9.97. The van der Waals surface area contributed by atoms with E-state index in [1.807, 2.05) is 29.6 Å². The van der Waals surface area contributed by atoms with Crippen LogP contribution in [0.1, 0.15) is 33.3 Å². The van der Waals surface area contributed by atoms with E-state index in [0.717, 1.165) is 5.56 Å². The number of hydrazone groups is 1. The number of benzene rings is 2. The van der Waals surface area contributed by atoms with E-state index < -0.39 is 11.9 Å². The Morgan fingerprint density at radius 3 is 2.60 bits per heavy atom. The molecule has 1 aromatic heterocycles. The van der Waals surface area contributed by atoms with E-state index in [1.165, 1.54) is 27.3 Å². The quantitative estimate of drug-likeness (QED) is 0.442. The molecule has 0 spiro atoms. The van der Waals surface area contributed by atoms with Crippen molar-refractivity contribution in [2.24, 2.45) is 5.10 Å². The molecule has 3 aromatic rings. The van der Waals surface area contributed by atoms with E-state index >= 15 is 0 Å². The highest BCUT2D eigenvalue weighted by Gasteiger charge is 2.36. The zero-order valence-corrected chi connectivity index (χ0v) is 20.3. The average molecular weight is 496 g/mol. The summed E-state index contributed by atoms with van der Waals surface area (Å²) < 4.78 is 25.3. The van der Waals surface area contributed by atoms with Gasteiger partial charge in [-0.1, -0.05) is 42.5 Å². The van der Waals surface area contributed by atoms with Crippen LogP contribution in [0.2, 0.25) is 0 Å². The third-order valence-corrected chi connectivity index (χ3v) is 6.62. The Labute approximate surface area is 207 Å². The van der Waals surface area contributed by atoms with Crippen LogP contribution in [0.4, 0.5) is 4.39 Å². The van der Waals surface area contributed by atoms with Crippen LogP contribution < -0.4 is 4.74 Å². The Morgan fingerprint density at radius 2 is 1.89 bits per heavy atom. The van der Waals surface area contributed by atoms with Crippen LogP contribution >= 0.6 is 11.3 Å². The molecule has 7 nitrogen and oxygen atoms in total. The summed E-state index contributed by atoms with van der Waals surface area (Å²) in [5, 5.41) is 7.71. The number of amides is 2. The first-order chi connectivity index (χ1) is 17.0. The van der Waals surface area contributed by atoms with Gasteiger partial charge in [-0.3, -0.25) is 9.59 Å². The van der Waals surface area contributed by atoms with E-state index in [1.54, 1.807) is 44.6 Å². The van der Waals surface area contributed by atoms with Gasteiger partial charge >= 0.3 is 0 Å². The Morgan fingerprint density at radius 1 is 1.11 bits per heavy atom. The highest BCUT2D eigenvalue weighted by molar-refractivity contribution is 7.12. The fourth-order valence-electron chi connectivity index (χ4n) is 4.03. The molecule has 0 saturated carbocycles. The van der Waals surface area contributed by atoms with Gasteiger partial charge in [0.2, 0.25) is 0 Å². The largest absolute Gasteiger partial charge is 0.496 e. The fourth-order valence-corrected chi connectivity index (χ4v) is 4.72. The molecule has 35 heavy (non-hydrogen) atoms. The Kier molecular flexibility index (Phi) is 7.89. The molecule has 2 heterocycles. The number of nitrogens with zero attached hydrogens (tertiary/aromatic N) is 3. The second-order valence-electron chi connectivity index (χ2n) is 7.92. The van der Waals surface area contributed by atoms with Gasteiger partial charge in [0.25, 0.3) is 11.8 Å². The van der Waals surface area contributed by atoms with E-state index in [9.17, 15) is 14.0 Å². The number of halogens is 1. The fraction of sp³-hybridized carbons (Fsp3) is 0.269. The standard InChI is InChI=1S/C26H26FN3O4S/c1-33-14-13-29(26(32)24-12-7-15-35-24)17-25(31)30-22(19-9-4-6-11-23(19)34-2)16-21(28-30)18-8-3-5-10-20(18)27/h3-12,15,22H,13-14,16-17H2,1-2H3/t22-/m1/s1. The second kappa shape index (κ2) is 11.2. The van der Waals surface area contributed by atoms with Crippen molar-refractivity contribution >= 4 is 28.9 Å². The molecular weight excluding hydrogens is 469 g/mol. The van der Waals surface area contributed by atoms with Gasteiger partial charge in [-0.25, -0.2) is 9.40 Å². The number of thiophene rings is 1. The van der Waals surface area contributed by atoms with Crippen molar-refractivity contribution in [2.45, 2.75) is 12.5 Å². The minimum atomic E-state index is -0.505. The van der Waals surface area contributed by atoms with E-state index in [0.29, 0.717) is 28.3 Å². The number of hydrogen-bond donors (Lipinski definition) is 0. The monoisotopic (exact) mass is 495 g/mol. The normalized spacial score (nSPS) is 15.1. The van der Waals surface area contributed by atoms with Crippen LogP contribution in [0, 0.1) is 5.82 Å². The topological polar surface area (TPSA) is 71.4 Å². The van der Waals surface area contributed by atoms with Crippen LogP contribution in [0.3, 0.4) is 0 Å². The molecule has 0 N–H and O–H groups in total. The predicted molar refractivity (Wildman–Crippen MR) is 132 cm³/mol. The average Bonchev–Trinajstić information content (AvgIpc) is 3.57. The van der Waals surface area contributed by atoms with Crippen LogP contribution in [-0.2, 0) is 9.53 Å². The molecule has 4 rings (SSSR count). The van der Waals surface area contributed by atoms with Crippen molar-refractivity contribution < 1.29 is 23.5 Å². The van der Waals surface area contributed by atoms with E-state index in [-0.39, 0.29) is 31.5 Å². The Hall–Kier alpha value is -3.56. The molecule has 1 aliphatic rings. The van der Waals surface area contributed by atoms with Crippen LogP contribution in [0.5, 0.6) is 5.75 Å². The summed E-state index contributed by atoms with van der Waals surface area (Å²) >= 11 is 1.31. The number of carbonyl (C=O) groups excluding carboxylic acids is 2. The maximum Gasteiger partial charge on any atom is 0.264 e. The summed E-state index contributed by atoms with van der Waals surface area (Å²) in [7, 11) is 3.10. The molecule has 0 aliphatic carbocycles. The van der Waals surface area contributed by atoms with Gasteiger partial charge in [0.05, 0.1) is 30.3 Å². The highest BCUT2D eigenvalue weighted by atomic mass is 32.1. The lowest BCUT2D eigenvalue weighted by molar-refractivity contribution is -0.133. The molecule has 0 unspecified atom stereocenters. The third-order valence-electron chi connectivity index (χ3n) is 5.76. The minimum absolute atomic E-state index is 0.195. The first kappa shape index (κ1) is 24.6. The summed E-state index contributed by atoms with van der Waals surface area (Å²) in [6.07, 6.45) is 0.310. The molecule has 0 radical (unpaired) electrons. The number of rotatable bonds is 9. The lowest BCUT2D eigenvalue weighted by Gasteiger charge is -2.27. The van der Waals surface area contributed by atoms with Crippen molar-refractivity contribution in [2.75, 3.05) is 33.9 Å². The van der Waals surface area contributed by atoms with Gasteiger partial charge in [-0.05, 0) is 23.6 Å². The third kappa shape index (κ3) is 5.41. The van der Waals surface area contributed by atoms with Crippen molar-refractivity contribution in [1.29, 1.82) is 0 Å². The van der Waals surface area contributed by atoms with Gasteiger partial charge in [-0.15, -0.1) is 11.3 Å². The van der Waals surface area contributed by atoms with Crippen LogP contribution in [0.25, 0.3) is 0 Å². The predicted octanol–water partition coefficient (Wildman–Crippen LogP) is 4.36. The van der Waals surface area contributed by atoms with E-state index in [4.69, 9.17) is 9.47 Å². The van der Waals surface area contributed by atoms with Crippen LogP contribution in [0.15, 0.2) is 71.1 Å². The Balaban J connectivity index is 1.67. The number of hydrogen-bond acceptors (Lipinski definition) is 6. The van der Waals surface area contributed by atoms with Gasteiger partial charge in [0, 0.05) is 31.2 Å². The molecule has 0 saturated heterocycles. The maximum absolute atomic E-state index is 14.6. The molecule has 9 heteroatoms. The molecule has 0 bridgehead atoms.